The highest BCUT2D eigenvalue weighted by atomic mass is 127. The molecule has 0 spiro atoms. The molecule has 0 saturated heterocycles. The van der Waals surface area contributed by atoms with Gasteiger partial charge in [-0.3, -0.25) is 20.1 Å². The zero-order chi connectivity index (χ0) is 19.6. The number of amides is 1. The smallest absolute Gasteiger partial charge is 0.294 e. The van der Waals surface area contributed by atoms with Crippen molar-refractivity contribution in [1.29, 1.82) is 0 Å². The molecule has 0 saturated carbocycles. The zero-order valence-corrected chi connectivity index (χ0v) is 16.4. The molecule has 3 N–H and O–H groups in total. The Hall–Kier alpha value is -2.63. The molecule has 0 unspecified atom stereocenters. The summed E-state index contributed by atoms with van der Waals surface area (Å²) in [6.45, 7) is 0. The van der Waals surface area contributed by atoms with E-state index >= 15 is 0 Å². The predicted octanol–water partition coefficient (Wildman–Crippen LogP) is 4.51. The number of nitrogens with zero attached hydrogens (tertiary/aromatic N) is 2. The van der Waals surface area contributed by atoms with Gasteiger partial charge >= 0.3 is 0 Å². The van der Waals surface area contributed by atoms with Crippen LogP contribution in [-0.2, 0) is 0 Å². The number of halogens is 2. The summed E-state index contributed by atoms with van der Waals surface area (Å²) >= 11 is 8.35. The lowest BCUT2D eigenvalue weighted by molar-refractivity contribution is -0.384. The van der Waals surface area contributed by atoms with E-state index in [4.69, 9.17) is 16.8 Å². The van der Waals surface area contributed by atoms with Crippen LogP contribution >= 0.6 is 34.2 Å². The van der Waals surface area contributed by atoms with Crippen molar-refractivity contribution in [3.05, 3.63) is 79.1 Å². The Balaban J connectivity index is 2.19. The SMILES string of the molecule is O=C(NO)c1cc([N+](=O)[O-])c(-n2cccc2)cc1Nc1ccc(I)cc1Cl. The number of carbonyl (C=O) groups is 1. The second kappa shape index (κ2) is 7.94. The Morgan fingerprint density at radius 2 is 1.89 bits per heavy atom. The summed E-state index contributed by atoms with van der Waals surface area (Å²) < 4.78 is 2.48. The first-order valence-corrected chi connectivity index (χ1v) is 8.98. The van der Waals surface area contributed by atoms with Gasteiger partial charge in [-0.05, 0) is 59.0 Å². The summed E-state index contributed by atoms with van der Waals surface area (Å²) in [4.78, 5) is 23.0. The van der Waals surface area contributed by atoms with Crippen LogP contribution in [0.4, 0.5) is 17.1 Å². The number of hydroxylamine groups is 1. The van der Waals surface area contributed by atoms with Gasteiger partial charge in [0.1, 0.15) is 5.69 Å². The van der Waals surface area contributed by atoms with Crippen LogP contribution in [-0.4, -0.2) is 20.6 Å². The minimum Gasteiger partial charge on any atom is -0.354 e. The van der Waals surface area contributed by atoms with Crippen LogP contribution in [0.15, 0.2) is 54.9 Å². The molecule has 3 rings (SSSR count). The van der Waals surface area contributed by atoms with Gasteiger partial charge in [0, 0.05) is 22.0 Å². The fourth-order valence-corrected chi connectivity index (χ4v) is 3.42. The number of hydrogen-bond donors (Lipinski definition) is 3. The number of benzene rings is 2. The maximum atomic E-state index is 12.1. The molecule has 0 aliphatic heterocycles. The molecule has 1 heterocycles. The Labute approximate surface area is 172 Å². The van der Waals surface area contributed by atoms with Gasteiger partial charge in [-0.25, -0.2) is 5.48 Å². The van der Waals surface area contributed by atoms with Gasteiger partial charge in [0.05, 0.1) is 26.9 Å². The molecule has 0 radical (unpaired) electrons. The third-order valence-electron chi connectivity index (χ3n) is 3.74. The van der Waals surface area contributed by atoms with E-state index in [1.807, 2.05) is 6.07 Å². The van der Waals surface area contributed by atoms with Crippen molar-refractivity contribution in [3.63, 3.8) is 0 Å². The van der Waals surface area contributed by atoms with E-state index in [0.717, 1.165) is 9.64 Å². The number of nitro groups is 1. The Morgan fingerprint density at radius 3 is 2.48 bits per heavy atom. The average molecular weight is 499 g/mol. The van der Waals surface area contributed by atoms with Crippen LogP contribution in [0.5, 0.6) is 0 Å². The normalized spacial score (nSPS) is 10.5. The summed E-state index contributed by atoms with van der Waals surface area (Å²) in [5.41, 5.74) is 2.13. The Morgan fingerprint density at radius 1 is 1.19 bits per heavy atom. The quantitative estimate of drug-likeness (QED) is 0.208. The van der Waals surface area contributed by atoms with Gasteiger partial charge in [0.15, 0.2) is 0 Å². The Kier molecular flexibility index (Phi) is 5.63. The summed E-state index contributed by atoms with van der Waals surface area (Å²) in [5.74, 6) is -0.888. The van der Waals surface area contributed by atoms with Crippen LogP contribution in [0.1, 0.15) is 10.4 Å². The molecular weight excluding hydrogens is 487 g/mol. The second-order valence-corrected chi connectivity index (χ2v) is 7.08. The van der Waals surface area contributed by atoms with Crippen molar-refractivity contribution in [2.24, 2.45) is 0 Å². The molecule has 138 valence electrons. The summed E-state index contributed by atoms with van der Waals surface area (Å²) in [5, 5.41) is 23.9. The van der Waals surface area contributed by atoms with Gasteiger partial charge < -0.3 is 9.88 Å². The molecule has 2 aromatic carbocycles. The van der Waals surface area contributed by atoms with Crippen LogP contribution in [0.25, 0.3) is 5.69 Å². The zero-order valence-electron chi connectivity index (χ0n) is 13.5. The Bertz CT molecular complexity index is 1020. The number of rotatable bonds is 5. The van der Waals surface area contributed by atoms with Crippen LogP contribution < -0.4 is 10.8 Å². The standard InChI is InChI=1S/C17H12ClIN4O4/c18-12-7-10(19)3-4-13(12)20-14-9-15(22-5-1-2-6-22)16(23(26)27)8-11(14)17(24)21-25/h1-9,20,25H,(H,21,24). The third kappa shape index (κ3) is 4.04. The van der Waals surface area contributed by atoms with Gasteiger partial charge in [-0.2, -0.15) is 0 Å². The van der Waals surface area contributed by atoms with E-state index in [2.05, 4.69) is 27.9 Å². The summed E-state index contributed by atoms with van der Waals surface area (Å²) in [7, 11) is 0. The minimum absolute atomic E-state index is 0.102. The topological polar surface area (TPSA) is 109 Å². The number of nitrogens with one attached hydrogen (secondary N) is 2. The van der Waals surface area contributed by atoms with E-state index in [0.29, 0.717) is 10.7 Å². The molecule has 1 aromatic heterocycles. The number of hydrogen-bond acceptors (Lipinski definition) is 5. The van der Waals surface area contributed by atoms with Gasteiger partial charge in [0.25, 0.3) is 11.6 Å². The van der Waals surface area contributed by atoms with Crippen LogP contribution in [0, 0.1) is 13.7 Å². The highest BCUT2D eigenvalue weighted by Crippen LogP contribution is 2.34. The minimum atomic E-state index is -0.888. The van der Waals surface area contributed by atoms with Gasteiger partial charge in [-0.1, -0.05) is 11.6 Å². The summed E-state index contributed by atoms with van der Waals surface area (Å²) in [6.07, 6.45) is 3.30. The molecular formula is C17H12ClIN4O4. The second-order valence-electron chi connectivity index (χ2n) is 5.42. The summed E-state index contributed by atoms with van der Waals surface area (Å²) in [6, 6.07) is 11.3. The van der Waals surface area contributed by atoms with Crippen molar-refractivity contribution in [1.82, 2.24) is 10.0 Å². The third-order valence-corrected chi connectivity index (χ3v) is 4.72. The maximum Gasteiger partial charge on any atom is 0.294 e. The largest absolute Gasteiger partial charge is 0.354 e. The predicted molar refractivity (Wildman–Crippen MR) is 109 cm³/mol. The van der Waals surface area contributed by atoms with Crippen molar-refractivity contribution in [2.45, 2.75) is 0 Å². The monoisotopic (exact) mass is 498 g/mol. The van der Waals surface area contributed by atoms with Crippen LogP contribution in [0.2, 0.25) is 5.02 Å². The molecule has 0 aliphatic rings. The maximum absolute atomic E-state index is 12.1. The molecule has 1 amide bonds. The van der Waals surface area contributed by atoms with Crippen molar-refractivity contribution in [2.75, 3.05) is 5.32 Å². The highest BCUT2D eigenvalue weighted by Gasteiger charge is 2.23. The van der Waals surface area contributed by atoms with E-state index in [9.17, 15) is 14.9 Å². The lowest BCUT2D eigenvalue weighted by Gasteiger charge is -2.15. The molecule has 0 atom stereocenters. The van der Waals surface area contributed by atoms with Gasteiger partial charge in [0.2, 0.25) is 0 Å². The highest BCUT2D eigenvalue weighted by molar-refractivity contribution is 14.1. The van der Waals surface area contributed by atoms with E-state index < -0.39 is 10.8 Å². The van der Waals surface area contributed by atoms with Crippen molar-refractivity contribution < 1.29 is 14.9 Å². The van der Waals surface area contributed by atoms with Gasteiger partial charge in [-0.15, -0.1) is 0 Å². The van der Waals surface area contributed by atoms with E-state index in [1.54, 1.807) is 41.2 Å². The number of anilines is 2. The molecule has 10 heteroatoms. The van der Waals surface area contributed by atoms with Crippen molar-refractivity contribution in [3.8, 4) is 5.69 Å². The molecule has 0 aliphatic carbocycles. The van der Waals surface area contributed by atoms with Crippen molar-refractivity contribution >= 4 is 57.2 Å². The number of nitro benzene ring substituents is 1. The first-order chi connectivity index (χ1) is 12.9. The fraction of sp³-hybridized carbons (Fsp3) is 0. The molecule has 8 nitrogen and oxygen atoms in total. The first kappa shape index (κ1) is 19.1. The van der Waals surface area contributed by atoms with Crippen LogP contribution in [0.3, 0.4) is 0 Å². The van der Waals surface area contributed by atoms with E-state index in [1.165, 1.54) is 11.5 Å². The van der Waals surface area contributed by atoms with E-state index in [-0.39, 0.29) is 22.6 Å². The lowest BCUT2D eigenvalue weighted by atomic mass is 10.1. The fourth-order valence-electron chi connectivity index (χ4n) is 2.51. The first-order valence-electron chi connectivity index (χ1n) is 7.53. The lowest BCUT2D eigenvalue weighted by Crippen LogP contribution is -2.20. The number of aromatic nitrogens is 1. The molecule has 0 fully saturated rings. The molecule has 0 bridgehead atoms. The molecule has 27 heavy (non-hydrogen) atoms. The number of carbonyl (C=O) groups excluding carboxylic acids is 1. The molecule has 3 aromatic rings. The average Bonchev–Trinajstić information content (AvgIpc) is 3.17.